The molecule has 0 radical (unpaired) electrons. The lowest BCUT2D eigenvalue weighted by Gasteiger charge is -2.49. The first-order valence-corrected chi connectivity index (χ1v) is 16.6. The lowest BCUT2D eigenvalue weighted by molar-refractivity contribution is -0.145. The molecule has 0 amide bonds. The van der Waals surface area contributed by atoms with Gasteiger partial charge in [-0.3, -0.25) is 9.69 Å². The highest BCUT2D eigenvalue weighted by Crippen LogP contribution is 2.42. The number of piperazine rings is 1. The minimum atomic E-state index is -0.441. The SMILES string of the molecule is CCCCCCCCCCCCCC(=O)OCC1CN(C(c2ccccc2)(c2ccccc2)c2ccccc2)CCN1. The molecule has 1 unspecified atom stereocenters. The second-order valence-corrected chi connectivity index (χ2v) is 11.9. The number of carbonyl (C=O) groups excluding carboxylic acids is 1. The number of nitrogens with one attached hydrogen (secondary N) is 1. The maximum atomic E-state index is 12.6. The zero-order chi connectivity index (χ0) is 29.3. The maximum absolute atomic E-state index is 12.6. The van der Waals surface area contributed by atoms with Gasteiger partial charge in [0, 0.05) is 26.1 Å². The van der Waals surface area contributed by atoms with Gasteiger partial charge < -0.3 is 10.1 Å². The quantitative estimate of drug-likeness (QED) is 0.0949. The van der Waals surface area contributed by atoms with Crippen molar-refractivity contribution < 1.29 is 9.53 Å². The molecule has 1 N–H and O–H groups in total. The van der Waals surface area contributed by atoms with E-state index in [1.54, 1.807) is 0 Å². The van der Waals surface area contributed by atoms with Gasteiger partial charge in [-0.25, -0.2) is 0 Å². The average Bonchev–Trinajstić information content (AvgIpc) is 3.05. The van der Waals surface area contributed by atoms with Gasteiger partial charge in [0.25, 0.3) is 0 Å². The van der Waals surface area contributed by atoms with E-state index in [1.807, 2.05) is 0 Å². The molecule has 4 heteroatoms. The van der Waals surface area contributed by atoms with Crippen molar-refractivity contribution in [3.63, 3.8) is 0 Å². The molecule has 1 fully saturated rings. The van der Waals surface area contributed by atoms with Gasteiger partial charge in [-0.1, -0.05) is 162 Å². The second kappa shape index (κ2) is 17.9. The monoisotopic (exact) mass is 568 g/mol. The van der Waals surface area contributed by atoms with Crippen molar-refractivity contribution in [3.8, 4) is 0 Å². The highest BCUT2D eigenvalue weighted by Gasteiger charge is 2.43. The summed E-state index contributed by atoms with van der Waals surface area (Å²) in [6.07, 6.45) is 14.6. The largest absolute Gasteiger partial charge is 0.464 e. The first-order chi connectivity index (χ1) is 20.7. The van der Waals surface area contributed by atoms with E-state index >= 15 is 0 Å². The fraction of sp³-hybridized carbons (Fsp3) is 0.500. The molecule has 4 rings (SSSR count). The van der Waals surface area contributed by atoms with E-state index in [-0.39, 0.29) is 12.0 Å². The highest BCUT2D eigenvalue weighted by atomic mass is 16.5. The first kappa shape index (κ1) is 32.0. The van der Waals surface area contributed by atoms with Gasteiger partial charge in [0.15, 0.2) is 0 Å². The topological polar surface area (TPSA) is 41.6 Å². The van der Waals surface area contributed by atoms with Crippen LogP contribution in [0.5, 0.6) is 0 Å². The van der Waals surface area contributed by atoms with Crippen molar-refractivity contribution in [2.75, 3.05) is 26.2 Å². The number of unbranched alkanes of at least 4 members (excludes halogenated alkanes) is 10. The van der Waals surface area contributed by atoms with Crippen LogP contribution in [-0.2, 0) is 15.1 Å². The number of nitrogens with zero attached hydrogens (tertiary/aromatic N) is 1. The van der Waals surface area contributed by atoms with Gasteiger partial charge in [-0.15, -0.1) is 0 Å². The molecule has 1 saturated heterocycles. The van der Waals surface area contributed by atoms with Crippen LogP contribution in [0.4, 0.5) is 0 Å². The van der Waals surface area contributed by atoms with Crippen LogP contribution in [0.3, 0.4) is 0 Å². The molecular formula is C38H52N2O2. The number of hydrogen-bond donors (Lipinski definition) is 1. The molecule has 3 aromatic rings. The summed E-state index contributed by atoms with van der Waals surface area (Å²) in [5.74, 6) is -0.0645. The van der Waals surface area contributed by atoms with E-state index < -0.39 is 5.54 Å². The Kier molecular flexibility index (Phi) is 13.6. The fourth-order valence-corrected chi connectivity index (χ4v) is 6.53. The van der Waals surface area contributed by atoms with Gasteiger partial charge in [-0.2, -0.15) is 0 Å². The van der Waals surface area contributed by atoms with Crippen LogP contribution in [0.1, 0.15) is 101 Å². The predicted molar refractivity (Wildman–Crippen MR) is 175 cm³/mol. The summed E-state index contributed by atoms with van der Waals surface area (Å²) in [7, 11) is 0. The first-order valence-electron chi connectivity index (χ1n) is 16.6. The van der Waals surface area contributed by atoms with E-state index in [4.69, 9.17) is 4.74 Å². The van der Waals surface area contributed by atoms with Crippen LogP contribution < -0.4 is 5.32 Å². The Balaban J connectivity index is 1.31. The van der Waals surface area contributed by atoms with Crippen molar-refractivity contribution in [2.45, 2.75) is 95.6 Å². The van der Waals surface area contributed by atoms with Crippen LogP contribution in [0.2, 0.25) is 0 Å². The van der Waals surface area contributed by atoms with Gasteiger partial charge in [-0.05, 0) is 23.1 Å². The Morgan fingerprint density at radius 3 is 1.64 bits per heavy atom. The highest BCUT2D eigenvalue weighted by molar-refractivity contribution is 5.69. The molecule has 0 aromatic heterocycles. The average molecular weight is 569 g/mol. The lowest BCUT2D eigenvalue weighted by atomic mass is 9.75. The third-order valence-corrected chi connectivity index (χ3v) is 8.73. The Morgan fingerprint density at radius 1 is 0.714 bits per heavy atom. The van der Waals surface area contributed by atoms with Crippen LogP contribution >= 0.6 is 0 Å². The predicted octanol–water partition coefficient (Wildman–Crippen LogP) is 8.50. The van der Waals surface area contributed by atoms with Gasteiger partial charge >= 0.3 is 5.97 Å². The summed E-state index contributed by atoms with van der Waals surface area (Å²) in [6, 6.07) is 32.6. The van der Waals surface area contributed by atoms with E-state index in [9.17, 15) is 4.79 Å². The van der Waals surface area contributed by atoms with E-state index in [2.05, 4.69) is 108 Å². The summed E-state index contributed by atoms with van der Waals surface area (Å²) in [5, 5.41) is 3.62. The molecule has 0 bridgehead atoms. The molecular weight excluding hydrogens is 516 g/mol. The second-order valence-electron chi connectivity index (χ2n) is 11.9. The smallest absolute Gasteiger partial charge is 0.305 e. The number of rotatable bonds is 18. The van der Waals surface area contributed by atoms with E-state index in [0.29, 0.717) is 13.0 Å². The molecule has 42 heavy (non-hydrogen) atoms. The lowest BCUT2D eigenvalue weighted by Crippen LogP contribution is -2.60. The number of carbonyl (C=O) groups is 1. The number of ether oxygens (including phenoxy) is 1. The summed E-state index contributed by atoms with van der Waals surface area (Å²) in [4.78, 5) is 15.2. The number of hydrogen-bond acceptors (Lipinski definition) is 4. The van der Waals surface area contributed by atoms with Crippen molar-refractivity contribution in [1.29, 1.82) is 0 Å². The van der Waals surface area contributed by atoms with Crippen molar-refractivity contribution in [2.24, 2.45) is 0 Å². The zero-order valence-corrected chi connectivity index (χ0v) is 25.8. The Bertz CT molecular complexity index is 1040. The molecule has 4 nitrogen and oxygen atoms in total. The van der Waals surface area contributed by atoms with Gasteiger partial charge in [0.1, 0.15) is 6.61 Å². The number of esters is 1. The zero-order valence-electron chi connectivity index (χ0n) is 25.8. The van der Waals surface area contributed by atoms with Gasteiger partial charge in [0.2, 0.25) is 0 Å². The molecule has 0 saturated carbocycles. The van der Waals surface area contributed by atoms with Crippen molar-refractivity contribution >= 4 is 5.97 Å². The van der Waals surface area contributed by atoms with Gasteiger partial charge in [0.05, 0.1) is 11.6 Å². The normalized spacial score (nSPS) is 15.9. The van der Waals surface area contributed by atoms with Crippen molar-refractivity contribution in [1.82, 2.24) is 10.2 Å². The maximum Gasteiger partial charge on any atom is 0.305 e. The molecule has 1 atom stereocenters. The van der Waals surface area contributed by atoms with Crippen molar-refractivity contribution in [3.05, 3.63) is 108 Å². The Labute approximate surface area is 254 Å². The van der Waals surface area contributed by atoms with E-state index in [0.717, 1.165) is 32.5 Å². The standard InChI is InChI=1S/C38H52N2O2/c1-2-3-4-5-6-7-8-9-10-11-21-28-37(41)42-32-36-31-40(30-29-39-36)38(33-22-15-12-16-23-33,34-24-17-13-18-25-34)35-26-19-14-20-27-35/h12-20,22-27,36,39H,2-11,21,28-32H2,1H3. The molecule has 1 heterocycles. The van der Waals surface area contributed by atoms with Crippen LogP contribution in [0.25, 0.3) is 0 Å². The van der Waals surface area contributed by atoms with Crippen LogP contribution in [-0.4, -0.2) is 43.2 Å². The minimum absolute atomic E-state index is 0.0645. The van der Waals surface area contributed by atoms with E-state index in [1.165, 1.54) is 74.5 Å². The van der Waals surface area contributed by atoms with Crippen LogP contribution in [0.15, 0.2) is 91.0 Å². The third kappa shape index (κ3) is 9.02. The molecule has 3 aromatic carbocycles. The number of benzene rings is 3. The third-order valence-electron chi connectivity index (χ3n) is 8.73. The Hall–Kier alpha value is -2.95. The molecule has 226 valence electrons. The summed E-state index contributed by atoms with van der Waals surface area (Å²) < 4.78 is 5.82. The molecule has 1 aliphatic heterocycles. The summed E-state index contributed by atoms with van der Waals surface area (Å²) >= 11 is 0. The summed E-state index contributed by atoms with van der Waals surface area (Å²) in [6.45, 7) is 5.19. The summed E-state index contributed by atoms with van der Waals surface area (Å²) in [5.41, 5.74) is 3.30. The fourth-order valence-electron chi connectivity index (χ4n) is 6.53. The minimum Gasteiger partial charge on any atom is -0.464 e. The van der Waals surface area contributed by atoms with Crippen LogP contribution in [0, 0.1) is 0 Å². The Morgan fingerprint density at radius 2 is 1.17 bits per heavy atom. The molecule has 0 spiro atoms. The molecule has 1 aliphatic rings. The molecule has 0 aliphatic carbocycles.